The monoisotopic (exact) mass is 285 g/mol. The molecule has 21 heavy (non-hydrogen) atoms. The zero-order valence-corrected chi connectivity index (χ0v) is 12.7. The molecule has 2 atom stereocenters. The van der Waals surface area contributed by atoms with Gasteiger partial charge in [-0.25, -0.2) is 0 Å². The fraction of sp³-hybridized carbons (Fsp3) is 0.556. The molecule has 1 aliphatic carbocycles. The van der Waals surface area contributed by atoms with Gasteiger partial charge < -0.3 is 4.90 Å². The van der Waals surface area contributed by atoms with Crippen molar-refractivity contribution >= 4 is 11.7 Å². The van der Waals surface area contributed by atoms with Gasteiger partial charge in [-0.15, -0.1) is 0 Å². The van der Waals surface area contributed by atoms with E-state index < -0.39 is 0 Å². The van der Waals surface area contributed by atoms with Gasteiger partial charge in [0.05, 0.1) is 0 Å². The van der Waals surface area contributed by atoms with E-state index in [-0.39, 0.29) is 17.9 Å². The molecule has 112 valence electrons. The summed E-state index contributed by atoms with van der Waals surface area (Å²) in [5.41, 5.74) is 1.86. The summed E-state index contributed by atoms with van der Waals surface area (Å²) >= 11 is 0. The van der Waals surface area contributed by atoms with Gasteiger partial charge in [0.2, 0.25) is 0 Å². The lowest BCUT2D eigenvalue weighted by molar-refractivity contribution is -0.126. The smallest absolute Gasteiger partial charge is 0.254 e. The minimum Gasteiger partial charge on any atom is -0.335 e. The molecule has 0 radical (unpaired) electrons. The number of hydrogen-bond donors (Lipinski definition) is 0. The highest BCUT2D eigenvalue weighted by atomic mass is 16.2. The van der Waals surface area contributed by atoms with Gasteiger partial charge in [-0.3, -0.25) is 9.59 Å². The fourth-order valence-electron chi connectivity index (χ4n) is 3.82. The molecule has 3 rings (SSSR count). The lowest BCUT2D eigenvalue weighted by atomic mass is 9.81. The maximum absolute atomic E-state index is 12.8. The molecular weight excluding hydrogens is 262 g/mol. The van der Waals surface area contributed by atoms with Crippen LogP contribution in [0.1, 0.15) is 54.4 Å². The van der Waals surface area contributed by atoms with Crippen LogP contribution in [0.25, 0.3) is 0 Å². The number of nitrogens with zero attached hydrogens (tertiary/aromatic N) is 1. The minimum absolute atomic E-state index is 0.0787. The van der Waals surface area contributed by atoms with Crippen LogP contribution < -0.4 is 0 Å². The first-order chi connectivity index (χ1) is 10.2. The summed E-state index contributed by atoms with van der Waals surface area (Å²) in [6, 6.07) is 7.89. The van der Waals surface area contributed by atoms with E-state index >= 15 is 0 Å². The minimum atomic E-state index is 0.0787. The number of ketones is 1. The van der Waals surface area contributed by atoms with E-state index in [1.807, 2.05) is 36.1 Å². The normalized spacial score (nSPS) is 26.1. The number of amides is 1. The molecule has 0 N–H and O–H groups in total. The van der Waals surface area contributed by atoms with Crippen LogP contribution in [0.5, 0.6) is 0 Å². The average molecular weight is 285 g/mol. The second-order valence-corrected chi connectivity index (χ2v) is 6.40. The third-order valence-corrected chi connectivity index (χ3v) is 4.89. The van der Waals surface area contributed by atoms with E-state index in [1.165, 1.54) is 0 Å². The summed E-state index contributed by atoms with van der Waals surface area (Å²) < 4.78 is 0. The summed E-state index contributed by atoms with van der Waals surface area (Å²) in [6.45, 7) is 2.80. The van der Waals surface area contributed by atoms with Crippen molar-refractivity contribution in [3.8, 4) is 0 Å². The van der Waals surface area contributed by atoms with Crippen molar-refractivity contribution in [2.45, 2.75) is 51.5 Å². The summed E-state index contributed by atoms with van der Waals surface area (Å²) in [5, 5.41) is 0. The van der Waals surface area contributed by atoms with Crippen LogP contribution in [-0.2, 0) is 4.79 Å². The van der Waals surface area contributed by atoms with E-state index in [2.05, 4.69) is 0 Å². The number of rotatable bonds is 2. The Morgan fingerprint density at radius 3 is 2.81 bits per heavy atom. The number of carbonyl (C=O) groups is 2. The predicted molar refractivity (Wildman–Crippen MR) is 82.2 cm³/mol. The highest BCUT2D eigenvalue weighted by Gasteiger charge is 2.39. The molecule has 0 aromatic heterocycles. The van der Waals surface area contributed by atoms with Crippen LogP contribution in [0.15, 0.2) is 24.3 Å². The van der Waals surface area contributed by atoms with E-state index in [0.29, 0.717) is 12.2 Å². The first-order valence-corrected chi connectivity index (χ1v) is 8.07. The van der Waals surface area contributed by atoms with Gasteiger partial charge in [0, 0.05) is 30.5 Å². The Morgan fingerprint density at radius 2 is 2.05 bits per heavy atom. The fourth-order valence-corrected chi connectivity index (χ4v) is 3.82. The van der Waals surface area contributed by atoms with Crippen molar-refractivity contribution in [3.05, 3.63) is 35.4 Å². The molecule has 2 unspecified atom stereocenters. The van der Waals surface area contributed by atoms with E-state index in [9.17, 15) is 9.59 Å². The molecule has 1 heterocycles. The van der Waals surface area contributed by atoms with Gasteiger partial charge in [0.25, 0.3) is 5.91 Å². The van der Waals surface area contributed by atoms with Crippen molar-refractivity contribution in [2.24, 2.45) is 5.92 Å². The van der Waals surface area contributed by atoms with Crippen LogP contribution in [-0.4, -0.2) is 29.2 Å². The lowest BCUT2D eigenvalue weighted by Gasteiger charge is -2.33. The van der Waals surface area contributed by atoms with Gasteiger partial charge in [-0.05, 0) is 44.7 Å². The molecule has 1 saturated heterocycles. The molecule has 1 amide bonds. The summed E-state index contributed by atoms with van der Waals surface area (Å²) in [4.78, 5) is 26.9. The molecule has 0 bridgehead atoms. The van der Waals surface area contributed by atoms with Crippen LogP contribution in [0.4, 0.5) is 0 Å². The highest BCUT2D eigenvalue weighted by molar-refractivity contribution is 5.95. The third-order valence-electron chi connectivity index (χ3n) is 4.89. The Hall–Kier alpha value is -1.64. The molecule has 0 spiro atoms. The predicted octanol–water partition coefficient (Wildman–Crippen LogP) is 3.36. The number of benzene rings is 1. The molecule has 1 aliphatic heterocycles. The highest BCUT2D eigenvalue weighted by Crippen LogP contribution is 2.33. The zero-order chi connectivity index (χ0) is 14.8. The lowest BCUT2D eigenvalue weighted by Crippen LogP contribution is -2.43. The second-order valence-electron chi connectivity index (χ2n) is 6.40. The molecule has 1 saturated carbocycles. The number of aryl methyl sites for hydroxylation is 1. The van der Waals surface area contributed by atoms with Gasteiger partial charge in [-0.2, -0.15) is 0 Å². The van der Waals surface area contributed by atoms with Crippen LogP contribution in [0, 0.1) is 12.8 Å². The third kappa shape index (κ3) is 2.87. The zero-order valence-electron chi connectivity index (χ0n) is 12.7. The van der Waals surface area contributed by atoms with E-state index in [4.69, 9.17) is 0 Å². The molecule has 3 nitrogen and oxygen atoms in total. The van der Waals surface area contributed by atoms with E-state index in [1.54, 1.807) is 0 Å². The first kappa shape index (κ1) is 14.3. The average Bonchev–Trinajstić information content (AvgIpc) is 2.96. The molecule has 3 heteroatoms. The largest absolute Gasteiger partial charge is 0.335 e. The van der Waals surface area contributed by atoms with Crippen molar-refractivity contribution in [1.82, 2.24) is 4.90 Å². The molecule has 2 fully saturated rings. The summed E-state index contributed by atoms with van der Waals surface area (Å²) in [6.07, 6.45) is 5.81. The Bertz CT molecular complexity index is 552. The number of likely N-dealkylation sites (tertiary alicyclic amines) is 1. The first-order valence-electron chi connectivity index (χ1n) is 8.07. The topological polar surface area (TPSA) is 37.4 Å². The van der Waals surface area contributed by atoms with Crippen molar-refractivity contribution < 1.29 is 9.59 Å². The molecular formula is C18H23NO2. The molecule has 1 aromatic carbocycles. The Morgan fingerprint density at radius 1 is 1.19 bits per heavy atom. The van der Waals surface area contributed by atoms with Crippen molar-refractivity contribution in [2.75, 3.05) is 6.54 Å². The molecule has 2 aliphatic rings. The number of Topliss-reactive ketones (excluding diaryl/α,β-unsaturated/α-hetero) is 1. The van der Waals surface area contributed by atoms with Crippen molar-refractivity contribution in [3.63, 3.8) is 0 Å². The summed E-state index contributed by atoms with van der Waals surface area (Å²) in [7, 11) is 0. The SMILES string of the molecule is Cc1cccc(C(=O)N2CCCC2C2CCCCC2=O)c1. The quantitative estimate of drug-likeness (QED) is 0.835. The van der Waals surface area contributed by atoms with Crippen LogP contribution in [0.3, 0.4) is 0 Å². The Labute approximate surface area is 126 Å². The number of hydrogen-bond acceptors (Lipinski definition) is 2. The Balaban J connectivity index is 1.80. The van der Waals surface area contributed by atoms with Gasteiger partial charge in [0.15, 0.2) is 0 Å². The second kappa shape index (κ2) is 6.00. The van der Waals surface area contributed by atoms with Gasteiger partial charge >= 0.3 is 0 Å². The molecule has 1 aromatic rings. The number of carbonyl (C=O) groups excluding carboxylic acids is 2. The van der Waals surface area contributed by atoms with E-state index in [0.717, 1.165) is 49.8 Å². The van der Waals surface area contributed by atoms with Crippen LogP contribution in [0.2, 0.25) is 0 Å². The maximum atomic E-state index is 12.8. The maximum Gasteiger partial charge on any atom is 0.254 e. The van der Waals surface area contributed by atoms with Crippen LogP contribution >= 0.6 is 0 Å². The Kier molecular flexibility index (Phi) is 4.09. The summed E-state index contributed by atoms with van der Waals surface area (Å²) in [5.74, 6) is 0.546. The standard InChI is InChI=1S/C18H23NO2/c1-13-6-4-7-14(12-13)18(21)19-11-5-9-16(19)15-8-2-3-10-17(15)20/h4,6-7,12,15-16H,2-3,5,8-11H2,1H3. The van der Waals surface area contributed by atoms with Gasteiger partial charge in [0.1, 0.15) is 5.78 Å². The van der Waals surface area contributed by atoms with Crippen molar-refractivity contribution in [1.29, 1.82) is 0 Å². The van der Waals surface area contributed by atoms with Gasteiger partial charge in [-0.1, -0.05) is 24.1 Å².